The van der Waals surface area contributed by atoms with Crippen molar-refractivity contribution >= 4 is 29.7 Å². The molecular formula is C27H26N2O5S. The second-order valence-corrected chi connectivity index (χ2v) is 9.19. The highest BCUT2D eigenvalue weighted by Gasteiger charge is 2.28. The van der Waals surface area contributed by atoms with Crippen LogP contribution in [0.5, 0.6) is 0 Å². The average Bonchev–Trinajstić information content (AvgIpc) is 3.20. The fourth-order valence-corrected chi connectivity index (χ4v) is 4.73. The molecule has 8 heteroatoms. The first-order valence-electron chi connectivity index (χ1n) is 11.3. The van der Waals surface area contributed by atoms with Gasteiger partial charge in [-0.05, 0) is 39.9 Å². The molecule has 1 aliphatic carbocycles. The van der Waals surface area contributed by atoms with Crippen molar-refractivity contribution in [3.63, 3.8) is 0 Å². The normalized spacial score (nSPS) is 11.9. The van der Waals surface area contributed by atoms with Crippen LogP contribution in [0.3, 0.4) is 0 Å². The molecular weight excluding hydrogens is 464 g/mol. The molecule has 4 rings (SSSR count). The minimum atomic E-state index is -0.983. The molecule has 3 aromatic carbocycles. The van der Waals surface area contributed by atoms with Crippen LogP contribution in [-0.4, -0.2) is 47.7 Å². The summed E-state index contributed by atoms with van der Waals surface area (Å²) >= 11 is 1.41. The fourth-order valence-electron chi connectivity index (χ4n) is 4.06. The standard InChI is InChI=1S/C27H26N2O5S/c30-25(29-15-18-9-11-19(12-10-18)26(31)32)17-35-14-13-28-27(33)34-16-24-22-7-3-1-5-20(22)21-6-2-4-8-23(21)24/h1-12,24H,13-17H2,(H,28,33)(H,29,30)(H,31,32). The number of fused-ring (bicyclic) bond motifs is 3. The molecule has 0 saturated carbocycles. The second-order valence-electron chi connectivity index (χ2n) is 8.08. The van der Waals surface area contributed by atoms with Crippen LogP contribution in [0.1, 0.15) is 33.0 Å². The van der Waals surface area contributed by atoms with Crippen molar-refractivity contribution in [3.05, 3.63) is 95.1 Å². The number of nitrogens with one attached hydrogen (secondary N) is 2. The molecule has 0 spiro atoms. The van der Waals surface area contributed by atoms with Gasteiger partial charge in [-0.25, -0.2) is 9.59 Å². The van der Waals surface area contributed by atoms with E-state index in [1.54, 1.807) is 12.1 Å². The number of hydrogen-bond donors (Lipinski definition) is 3. The smallest absolute Gasteiger partial charge is 0.407 e. The van der Waals surface area contributed by atoms with Gasteiger partial charge in [0.05, 0.1) is 11.3 Å². The van der Waals surface area contributed by atoms with E-state index in [0.29, 0.717) is 18.8 Å². The molecule has 0 atom stereocenters. The van der Waals surface area contributed by atoms with E-state index in [1.165, 1.54) is 46.1 Å². The Hall–Kier alpha value is -3.78. The molecule has 0 fully saturated rings. The lowest BCUT2D eigenvalue weighted by molar-refractivity contribution is -0.118. The van der Waals surface area contributed by atoms with Crippen LogP contribution < -0.4 is 10.6 Å². The minimum absolute atomic E-state index is 0.0200. The summed E-state index contributed by atoms with van der Waals surface area (Å²) in [5.41, 5.74) is 5.74. The maximum Gasteiger partial charge on any atom is 0.407 e. The number of carbonyl (C=O) groups excluding carboxylic acids is 2. The molecule has 3 aromatic rings. The van der Waals surface area contributed by atoms with Gasteiger partial charge < -0.3 is 20.5 Å². The number of hydrogen-bond acceptors (Lipinski definition) is 5. The summed E-state index contributed by atoms with van der Waals surface area (Å²) < 4.78 is 5.50. The Balaban J connectivity index is 1.12. The number of aromatic carboxylic acids is 1. The Morgan fingerprint density at radius 3 is 2.11 bits per heavy atom. The van der Waals surface area contributed by atoms with E-state index in [1.807, 2.05) is 24.3 Å². The molecule has 180 valence electrons. The zero-order chi connectivity index (χ0) is 24.6. The molecule has 0 aromatic heterocycles. The van der Waals surface area contributed by atoms with Gasteiger partial charge in [-0.2, -0.15) is 11.8 Å². The molecule has 3 N–H and O–H groups in total. The molecule has 0 bridgehead atoms. The number of carbonyl (C=O) groups is 3. The van der Waals surface area contributed by atoms with Gasteiger partial charge in [-0.15, -0.1) is 0 Å². The van der Waals surface area contributed by atoms with Crippen molar-refractivity contribution in [2.24, 2.45) is 0 Å². The summed E-state index contributed by atoms with van der Waals surface area (Å²) in [7, 11) is 0. The van der Waals surface area contributed by atoms with E-state index in [0.717, 1.165) is 5.56 Å². The number of alkyl carbamates (subject to hydrolysis) is 1. The molecule has 0 aliphatic heterocycles. The highest BCUT2D eigenvalue weighted by Crippen LogP contribution is 2.44. The number of amides is 2. The van der Waals surface area contributed by atoms with E-state index in [4.69, 9.17) is 9.84 Å². The third kappa shape index (κ3) is 6.22. The third-order valence-corrected chi connectivity index (χ3v) is 6.74. The van der Waals surface area contributed by atoms with Gasteiger partial charge in [0.25, 0.3) is 0 Å². The molecule has 2 amide bonds. The molecule has 0 saturated heterocycles. The Bertz CT molecular complexity index is 1170. The van der Waals surface area contributed by atoms with Crippen molar-refractivity contribution in [2.75, 3.05) is 24.7 Å². The summed E-state index contributed by atoms with van der Waals surface area (Å²) in [5.74, 6) is -0.251. The lowest BCUT2D eigenvalue weighted by Crippen LogP contribution is -2.29. The van der Waals surface area contributed by atoms with Gasteiger partial charge in [0.2, 0.25) is 5.91 Å². The Morgan fingerprint density at radius 1 is 0.857 bits per heavy atom. The zero-order valence-electron chi connectivity index (χ0n) is 19.0. The average molecular weight is 491 g/mol. The summed E-state index contributed by atoms with van der Waals surface area (Å²) in [6.45, 7) is 0.991. The predicted octanol–water partition coefficient (Wildman–Crippen LogP) is 4.27. The van der Waals surface area contributed by atoms with E-state index < -0.39 is 12.1 Å². The van der Waals surface area contributed by atoms with Gasteiger partial charge in [-0.3, -0.25) is 4.79 Å². The first-order valence-corrected chi connectivity index (χ1v) is 12.4. The van der Waals surface area contributed by atoms with Crippen LogP contribution in [0.2, 0.25) is 0 Å². The molecule has 0 heterocycles. The van der Waals surface area contributed by atoms with Crippen molar-refractivity contribution < 1.29 is 24.2 Å². The molecule has 1 aliphatic rings. The summed E-state index contributed by atoms with van der Waals surface area (Å²) in [6, 6.07) is 22.7. The van der Waals surface area contributed by atoms with Gasteiger partial charge >= 0.3 is 12.1 Å². The topological polar surface area (TPSA) is 105 Å². The van der Waals surface area contributed by atoms with Crippen LogP contribution in [0.4, 0.5) is 4.79 Å². The van der Waals surface area contributed by atoms with Crippen molar-refractivity contribution in [2.45, 2.75) is 12.5 Å². The third-order valence-electron chi connectivity index (χ3n) is 5.78. The SMILES string of the molecule is O=C(CSCCNC(=O)OCC1c2ccccc2-c2ccccc21)NCc1ccc(C(=O)O)cc1. The Labute approximate surface area is 207 Å². The maximum atomic E-state index is 12.2. The quantitative estimate of drug-likeness (QED) is 0.367. The number of carboxylic acids is 1. The minimum Gasteiger partial charge on any atom is -0.478 e. The highest BCUT2D eigenvalue weighted by atomic mass is 32.2. The largest absolute Gasteiger partial charge is 0.478 e. The summed E-state index contributed by atoms with van der Waals surface area (Å²) in [5, 5.41) is 14.4. The number of rotatable bonds is 10. The van der Waals surface area contributed by atoms with Crippen LogP contribution in [-0.2, 0) is 16.1 Å². The molecule has 7 nitrogen and oxygen atoms in total. The zero-order valence-corrected chi connectivity index (χ0v) is 19.8. The van der Waals surface area contributed by atoms with E-state index in [-0.39, 0.29) is 29.7 Å². The number of benzene rings is 3. The van der Waals surface area contributed by atoms with E-state index in [2.05, 4.69) is 34.9 Å². The fraction of sp³-hybridized carbons (Fsp3) is 0.222. The lowest BCUT2D eigenvalue weighted by atomic mass is 9.98. The van der Waals surface area contributed by atoms with Crippen LogP contribution in [0, 0.1) is 0 Å². The first-order chi connectivity index (χ1) is 17.0. The Kier molecular flexibility index (Phi) is 8.05. The van der Waals surface area contributed by atoms with E-state index in [9.17, 15) is 14.4 Å². The van der Waals surface area contributed by atoms with E-state index >= 15 is 0 Å². The molecule has 0 radical (unpaired) electrons. The highest BCUT2D eigenvalue weighted by molar-refractivity contribution is 7.99. The van der Waals surface area contributed by atoms with Gasteiger partial charge in [0, 0.05) is 24.8 Å². The van der Waals surface area contributed by atoms with Crippen LogP contribution >= 0.6 is 11.8 Å². The van der Waals surface area contributed by atoms with Crippen molar-refractivity contribution in [3.8, 4) is 11.1 Å². The maximum absolute atomic E-state index is 12.2. The first kappa shape index (κ1) is 24.3. The molecule has 0 unspecified atom stereocenters. The van der Waals surface area contributed by atoms with Gasteiger partial charge in [-0.1, -0.05) is 60.7 Å². The predicted molar refractivity (Wildman–Crippen MR) is 136 cm³/mol. The van der Waals surface area contributed by atoms with Gasteiger partial charge in [0.1, 0.15) is 6.61 Å². The van der Waals surface area contributed by atoms with Crippen molar-refractivity contribution in [1.82, 2.24) is 10.6 Å². The molecule has 35 heavy (non-hydrogen) atoms. The Morgan fingerprint density at radius 2 is 1.49 bits per heavy atom. The van der Waals surface area contributed by atoms with Crippen LogP contribution in [0.25, 0.3) is 11.1 Å². The summed E-state index contributed by atoms with van der Waals surface area (Å²) in [4.78, 5) is 35.1. The van der Waals surface area contributed by atoms with Gasteiger partial charge in [0.15, 0.2) is 0 Å². The van der Waals surface area contributed by atoms with Crippen molar-refractivity contribution in [1.29, 1.82) is 0 Å². The lowest BCUT2D eigenvalue weighted by Gasteiger charge is -2.14. The monoisotopic (exact) mass is 490 g/mol. The number of thioether (sulfide) groups is 1. The number of carboxylic acid groups (broad SMARTS) is 1. The van der Waals surface area contributed by atoms with Crippen LogP contribution in [0.15, 0.2) is 72.8 Å². The second kappa shape index (κ2) is 11.6. The number of ether oxygens (including phenoxy) is 1. The summed E-state index contributed by atoms with van der Waals surface area (Å²) in [6.07, 6.45) is -0.471.